The molecule has 0 saturated carbocycles. The maximum Gasteiger partial charge on any atom is 1.00 e. The molecule has 12 heavy (non-hydrogen) atoms. The number of aromatic hydroxyl groups is 1. The van der Waals surface area contributed by atoms with Crippen LogP contribution in [0.25, 0.3) is 0 Å². The summed E-state index contributed by atoms with van der Waals surface area (Å²) in [5.41, 5.74) is 0.501. The van der Waals surface area contributed by atoms with Gasteiger partial charge in [0, 0.05) is 0 Å². The Balaban J connectivity index is 0. The molecule has 1 aromatic rings. The zero-order chi connectivity index (χ0) is 8.43. The van der Waals surface area contributed by atoms with Crippen LogP contribution in [0.3, 0.4) is 0 Å². The Kier molecular flexibility index (Phi) is 5.46. The number of hydrogen-bond donors (Lipinski definition) is 1. The van der Waals surface area contributed by atoms with Gasteiger partial charge in [-0.25, -0.2) is 0 Å². The maximum absolute atomic E-state index is 9.22. The minimum absolute atomic E-state index is 0. The number of nitriles is 1. The molecule has 0 heterocycles. The van der Waals surface area contributed by atoms with Crippen molar-refractivity contribution < 1.29 is 36.1 Å². The smallest absolute Gasteiger partial charge is 1.00 e. The Bertz CT molecular complexity index is 317. The summed E-state index contributed by atoms with van der Waals surface area (Å²) in [6, 6.07) is 5.08. The molecule has 0 aliphatic carbocycles. The summed E-state index contributed by atoms with van der Waals surface area (Å²) in [6.45, 7) is 0. The molecule has 0 radical (unpaired) electrons. The molecule has 0 atom stereocenters. The molecular formula is C7H4Br2NNaO. The second-order valence-electron chi connectivity index (χ2n) is 1.90. The molecular weight excluding hydrogens is 297 g/mol. The first-order valence-corrected chi connectivity index (χ1v) is 4.32. The van der Waals surface area contributed by atoms with E-state index in [1.54, 1.807) is 12.1 Å². The summed E-state index contributed by atoms with van der Waals surface area (Å²) in [6.07, 6.45) is 0. The minimum atomic E-state index is 0. The molecule has 0 bridgehead atoms. The third-order valence-corrected chi connectivity index (χ3v) is 2.35. The van der Waals surface area contributed by atoms with E-state index in [9.17, 15) is 5.11 Å². The summed E-state index contributed by atoms with van der Waals surface area (Å²) in [7, 11) is 0. The molecule has 58 valence electrons. The molecule has 0 aromatic heterocycles. The number of hydrogen-bond acceptors (Lipinski definition) is 2. The van der Waals surface area contributed by atoms with Crippen molar-refractivity contribution in [1.82, 2.24) is 0 Å². The molecule has 0 saturated heterocycles. The van der Waals surface area contributed by atoms with E-state index < -0.39 is 0 Å². The van der Waals surface area contributed by atoms with Crippen LogP contribution in [0.15, 0.2) is 21.1 Å². The van der Waals surface area contributed by atoms with Crippen LogP contribution in [0.2, 0.25) is 0 Å². The normalized spacial score (nSPS) is 8.42. The first-order chi connectivity index (χ1) is 5.15. The summed E-state index contributed by atoms with van der Waals surface area (Å²) in [4.78, 5) is 0. The molecule has 2 nitrogen and oxygen atoms in total. The number of benzene rings is 1. The van der Waals surface area contributed by atoms with Gasteiger partial charge in [0.05, 0.1) is 20.6 Å². The van der Waals surface area contributed by atoms with E-state index in [0.717, 1.165) is 0 Å². The first kappa shape index (κ1) is 12.5. The molecule has 0 fully saturated rings. The summed E-state index contributed by atoms with van der Waals surface area (Å²) in [5, 5.41) is 17.7. The van der Waals surface area contributed by atoms with Crippen molar-refractivity contribution >= 4 is 31.9 Å². The van der Waals surface area contributed by atoms with Gasteiger partial charge in [-0.05, 0) is 44.0 Å². The van der Waals surface area contributed by atoms with Gasteiger partial charge in [0.15, 0.2) is 0 Å². The molecule has 0 amide bonds. The average molecular weight is 301 g/mol. The van der Waals surface area contributed by atoms with Gasteiger partial charge in [0.25, 0.3) is 0 Å². The molecule has 0 spiro atoms. The predicted octanol–water partition coefficient (Wildman–Crippen LogP) is -0.0946. The van der Waals surface area contributed by atoms with Crippen LogP contribution >= 0.6 is 31.9 Å². The topological polar surface area (TPSA) is 44.0 Å². The SMILES string of the molecule is N#Cc1cc(Br)c(O)c(Br)c1.[H-].[Na+]. The number of nitrogens with zero attached hydrogens (tertiary/aromatic N) is 1. The fraction of sp³-hybridized carbons (Fsp3) is 0. The van der Waals surface area contributed by atoms with Crippen LogP contribution in [0.5, 0.6) is 5.75 Å². The van der Waals surface area contributed by atoms with Gasteiger partial charge in [0.2, 0.25) is 0 Å². The Hall–Kier alpha value is 0.470. The van der Waals surface area contributed by atoms with Crippen LogP contribution in [0.4, 0.5) is 0 Å². The molecule has 1 N–H and O–H groups in total. The molecule has 1 rings (SSSR count). The molecule has 0 aliphatic rings. The van der Waals surface area contributed by atoms with Gasteiger partial charge >= 0.3 is 29.6 Å². The van der Waals surface area contributed by atoms with Crippen LogP contribution in [-0.2, 0) is 0 Å². The van der Waals surface area contributed by atoms with E-state index >= 15 is 0 Å². The monoisotopic (exact) mass is 299 g/mol. The molecule has 0 unspecified atom stereocenters. The van der Waals surface area contributed by atoms with Gasteiger partial charge < -0.3 is 6.53 Å². The Labute approximate surface area is 111 Å². The van der Waals surface area contributed by atoms with Crippen molar-refractivity contribution in [2.45, 2.75) is 0 Å². The second kappa shape index (κ2) is 5.25. The number of halogens is 2. The van der Waals surface area contributed by atoms with Gasteiger partial charge in [-0.1, -0.05) is 0 Å². The van der Waals surface area contributed by atoms with Crippen molar-refractivity contribution in [3.63, 3.8) is 0 Å². The first-order valence-electron chi connectivity index (χ1n) is 2.73. The minimum Gasteiger partial charge on any atom is -1.00 e. The fourth-order valence-corrected chi connectivity index (χ4v) is 1.82. The van der Waals surface area contributed by atoms with Crippen LogP contribution in [0, 0.1) is 11.3 Å². The molecule has 5 heteroatoms. The summed E-state index contributed by atoms with van der Waals surface area (Å²) >= 11 is 6.21. The van der Waals surface area contributed by atoms with Crippen LogP contribution in [0.1, 0.15) is 6.99 Å². The zero-order valence-corrected chi connectivity index (χ0v) is 11.5. The maximum atomic E-state index is 9.22. The predicted molar refractivity (Wildman–Crippen MR) is 49.3 cm³/mol. The third kappa shape index (κ3) is 2.75. The van der Waals surface area contributed by atoms with Gasteiger partial charge in [-0.15, -0.1) is 0 Å². The fourth-order valence-electron chi connectivity index (χ4n) is 0.630. The standard InChI is InChI=1S/C7H3Br2NO.Na.H/c8-5-1-4(3-10)2-6(9)7(5)11;;/h1-2,11H;;/q;+1;-1. The Morgan fingerprint density at radius 3 is 2.08 bits per heavy atom. The van der Waals surface area contributed by atoms with Crippen molar-refractivity contribution in [1.29, 1.82) is 5.26 Å². The van der Waals surface area contributed by atoms with Gasteiger partial charge in [-0.3, -0.25) is 0 Å². The largest absolute Gasteiger partial charge is 1.00 e. The van der Waals surface area contributed by atoms with Crippen molar-refractivity contribution in [2.75, 3.05) is 0 Å². The van der Waals surface area contributed by atoms with E-state index in [1.165, 1.54) is 0 Å². The van der Waals surface area contributed by atoms with Crippen LogP contribution < -0.4 is 29.6 Å². The number of rotatable bonds is 0. The van der Waals surface area contributed by atoms with Gasteiger partial charge in [0.1, 0.15) is 5.75 Å². The summed E-state index contributed by atoms with van der Waals surface area (Å²) in [5.74, 6) is 0.115. The zero-order valence-electron chi connectivity index (χ0n) is 7.31. The van der Waals surface area contributed by atoms with E-state index in [-0.39, 0.29) is 36.7 Å². The Morgan fingerprint density at radius 1 is 1.33 bits per heavy atom. The number of phenolic OH excluding ortho intramolecular Hbond substituents is 1. The van der Waals surface area contributed by atoms with E-state index in [1.807, 2.05) is 6.07 Å². The van der Waals surface area contributed by atoms with E-state index in [4.69, 9.17) is 5.26 Å². The van der Waals surface area contributed by atoms with E-state index in [0.29, 0.717) is 14.5 Å². The third-order valence-electron chi connectivity index (χ3n) is 1.15. The van der Waals surface area contributed by atoms with Gasteiger partial charge in [-0.2, -0.15) is 5.26 Å². The van der Waals surface area contributed by atoms with E-state index in [2.05, 4.69) is 31.9 Å². The number of phenols is 1. The van der Waals surface area contributed by atoms with Crippen molar-refractivity contribution in [3.05, 3.63) is 26.6 Å². The second-order valence-corrected chi connectivity index (χ2v) is 3.61. The quantitative estimate of drug-likeness (QED) is 0.681. The molecule has 1 aromatic carbocycles. The summed E-state index contributed by atoms with van der Waals surface area (Å²) < 4.78 is 1.03. The van der Waals surface area contributed by atoms with Crippen molar-refractivity contribution in [2.24, 2.45) is 0 Å². The van der Waals surface area contributed by atoms with Crippen molar-refractivity contribution in [3.8, 4) is 11.8 Å². The molecule has 0 aliphatic heterocycles. The van der Waals surface area contributed by atoms with Crippen LogP contribution in [-0.4, -0.2) is 5.11 Å². The average Bonchev–Trinajstić information content (AvgIpc) is 1.99. The Morgan fingerprint density at radius 2 is 1.75 bits per heavy atom.